The number of rotatable bonds is 7. The molecular formula is C22H24O10. The molecule has 1 aliphatic rings. The third-order valence-electron chi connectivity index (χ3n) is 4.85. The molecule has 0 spiro atoms. The predicted molar refractivity (Wildman–Crippen MR) is 109 cm³/mol. The van der Waals surface area contributed by atoms with Crippen LogP contribution in [0.3, 0.4) is 0 Å². The Morgan fingerprint density at radius 1 is 1.00 bits per heavy atom. The Bertz CT molecular complexity index is 957. The average Bonchev–Trinajstić information content (AvgIpc) is 2.79. The number of carbonyl (C=O) groups excluding carboxylic acids is 1. The number of aliphatic hydroxyl groups is 4. The van der Waals surface area contributed by atoms with Gasteiger partial charge in [-0.05, 0) is 29.8 Å². The van der Waals surface area contributed by atoms with Crippen LogP contribution in [0.4, 0.5) is 0 Å². The van der Waals surface area contributed by atoms with Crippen LogP contribution in [0, 0.1) is 0 Å². The fraction of sp³-hybridized carbons (Fsp3) is 0.318. The first kappa shape index (κ1) is 23.5. The fourth-order valence-corrected chi connectivity index (χ4v) is 3.03. The van der Waals surface area contributed by atoms with Crippen LogP contribution in [0.5, 0.6) is 17.2 Å². The van der Waals surface area contributed by atoms with E-state index in [-0.39, 0.29) is 23.9 Å². The summed E-state index contributed by atoms with van der Waals surface area (Å²) in [7, 11) is 0. The molecule has 0 radical (unpaired) electrons. The van der Waals surface area contributed by atoms with Crippen molar-refractivity contribution < 1.29 is 49.6 Å². The van der Waals surface area contributed by atoms with Crippen LogP contribution in [0.25, 0.3) is 6.08 Å². The molecule has 0 saturated carbocycles. The van der Waals surface area contributed by atoms with Gasteiger partial charge in [-0.1, -0.05) is 24.3 Å². The molecule has 3 rings (SSSR count). The summed E-state index contributed by atoms with van der Waals surface area (Å²) in [6.07, 6.45) is -4.61. The highest BCUT2D eigenvalue weighted by Gasteiger charge is 2.44. The molecule has 0 unspecified atom stereocenters. The van der Waals surface area contributed by atoms with Gasteiger partial charge in [0.1, 0.15) is 36.8 Å². The van der Waals surface area contributed by atoms with E-state index < -0.39 is 43.3 Å². The molecule has 1 saturated heterocycles. The molecule has 0 aromatic heterocycles. The van der Waals surface area contributed by atoms with E-state index in [2.05, 4.69) is 0 Å². The van der Waals surface area contributed by atoms with Crippen LogP contribution in [0.1, 0.15) is 11.1 Å². The second-order valence-corrected chi connectivity index (χ2v) is 7.11. The second-order valence-electron chi connectivity index (χ2n) is 7.11. The molecule has 0 amide bonds. The van der Waals surface area contributed by atoms with Gasteiger partial charge in [-0.2, -0.15) is 0 Å². The zero-order valence-corrected chi connectivity index (χ0v) is 16.8. The van der Waals surface area contributed by atoms with E-state index in [4.69, 9.17) is 14.2 Å². The first-order chi connectivity index (χ1) is 15.3. The molecule has 1 aliphatic heterocycles. The highest BCUT2D eigenvalue weighted by Crippen LogP contribution is 2.27. The first-order valence-electron chi connectivity index (χ1n) is 9.72. The minimum Gasteiger partial charge on any atom is -0.504 e. The number of hydrogen-bond acceptors (Lipinski definition) is 10. The molecule has 0 bridgehead atoms. The minimum absolute atomic E-state index is 0.183. The van der Waals surface area contributed by atoms with Crippen LogP contribution >= 0.6 is 0 Å². The lowest BCUT2D eigenvalue weighted by atomic mass is 9.99. The number of para-hydroxylation sites is 1. The molecule has 32 heavy (non-hydrogen) atoms. The van der Waals surface area contributed by atoms with Crippen LogP contribution in [0.2, 0.25) is 0 Å². The summed E-state index contributed by atoms with van der Waals surface area (Å²) in [4.78, 5) is 12.0. The van der Waals surface area contributed by atoms with Crippen molar-refractivity contribution in [3.05, 3.63) is 59.7 Å². The average molecular weight is 448 g/mol. The smallest absolute Gasteiger partial charge is 0.331 e. The van der Waals surface area contributed by atoms with Crippen molar-refractivity contribution in [1.82, 2.24) is 0 Å². The van der Waals surface area contributed by atoms with E-state index in [0.717, 1.165) is 6.08 Å². The lowest BCUT2D eigenvalue weighted by Gasteiger charge is -2.39. The summed E-state index contributed by atoms with van der Waals surface area (Å²) in [5.41, 5.74) is 0.914. The van der Waals surface area contributed by atoms with Gasteiger partial charge in [-0.25, -0.2) is 4.79 Å². The van der Waals surface area contributed by atoms with Gasteiger partial charge in [0.15, 0.2) is 11.5 Å². The molecule has 5 atom stereocenters. The van der Waals surface area contributed by atoms with E-state index >= 15 is 0 Å². The first-order valence-corrected chi connectivity index (χ1v) is 9.72. The summed E-state index contributed by atoms with van der Waals surface area (Å²) in [6, 6.07) is 10.5. The zero-order chi connectivity index (χ0) is 23.3. The minimum atomic E-state index is -1.58. The van der Waals surface area contributed by atoms with Crippen LogP contribution in [-0.4, -0.2) is 73.9 Å². The molecule has 1 fully saturated rings. The monoisotopic (exact) mass is 448 g/mol. The van der Waals surface area contributed by atoms with Gasteiger partial charge in [-0.15, -0.1) is 0 Å². The third-order valence-corrected chi connectivity index (χ3v) is 4.85. The van der Waals surface area contributed by atoms with E-state index in [1.807, 2.05) is 0 Å². The topological polar surface area (TPSA) is 166 Å². The van der Waals surface area contributed by atoms with E-state index in [0.29, 0.717) is 11.1 Å². The van der Waals surface area contributed by atoms with Gasteiger partial charge >= 0.3 is 5.97 Å². The highest BCUT2D eigenvalue weighted by molar-refractivity contribution is 5.87. The van der Waals surface area contributed by atoms with Gasteiger partial charge in [-0.3, -0.25) is 0 Å². The van der Waals surface area contributed by atoms with E-state index in [9.17, 15) is 35.4 Å². The molecule has 1 heterocycles. The number of ether oxygens (including phenoxy) is 3. The molecule has 172 valence electrons. The number of phenolic OH excluding ortho intramolecular Hbond substituents is 2. The molecule has 2 aromatic rings. The number of esters is 1. The zero-order valence-electron chi connectivity index (χ0n) is 16.8. The molecule has 2 aromatic carbocycles. The molecule has 10 nitrogen and oxygen atoms in total. The largest absolute Gasteiger partial charge is 0.504 e. The quantitative estimate of drug-likeness (QED) is 0.193. The van der Waals surface area contributed by atoms with Crippen molar-refractivity contribution in [1.29, 1.82) is 0 Å². The Morgan fingerprint density at radius 3 is 2.47 bits per heavy atom. The van der Waals surface area contributed by atoms with Crippen molar-refractivity contribution >= 4 is 12.0 Å². The normalized spacial score (nSPS) is 25.6. The summed E-state index contributed by atoms with van der Waals surface area (Å²) >= 11 is 0. The van der Waals surface area contributed by atoms with Gasteiger partial charge in [0.25, 0.3) is 0 Å². The number of benzene rings is 2. The Kier molecular flexibility index (Phi) is 7.67. The maximum absolute atomic E-state index is 12.0. The van der Waals surface area contributed by atoms with Crippen molar-refractivity contribution in [3.63, 3.8) is 0 Å². The second kappa shape index (κ2) is 10.4. The van der Waals surface area contributed by atoms with Crippen molar-refractivity contribution in [2.45, 2.75) is 37.3 Å². The maximum Gasteiger partial charge on any atom is 0.331 e. The van der Waals surface area contributed by atoms with Gasteiger partial charge in [0.05, 0.1) is 6.61 Å². The SMILES string of the molecule is O=C(C=Cc1ccc(O)c(O)c1)OCc1ccccc1O[C@H]1O[C@H](CO)[C@@H](O)[C@H](O)[C@H]1O. The van der Waals surface area contributed by atoms with Gasteiger partial charge < -0.3 is 44.8 Å². The lowest BCUT2D eigenvalue weighted by Crippen LogP contribution is -2.60. The van der Waals surface area contributed by atoms with Gasteiger partial charge in [0.2, 0.25) is 6.29 Å². The molecular weight excluding hydrogens is 424 g/mol. The van der Waals surface area contributed by atoms with Gasteiger partial charge in [0, 0.05) is 11.6 Å². The number of phenols is 2. The Morgan fingerprint density at radius 2 is 1.75 bits per heavy atom. The highest BCUT2D eigenvalue weighted by atomic mass is 16.7. The van der Waals surface area contributed by atoms with E-state index in [1.54, 1.807) is 24.3 Å². The van der Waals surface area contributed by atoms with Crippen molar-refractivity contribution in [3.8, 4) is 17.2 Å². The Hall–Kier alpha value is -3.15. The Labute approximate surface area is 183 Å². The fourth-order valence-electron chi connectivity index (χ4n) is 3.03. The summed E-state index contributed by atoms with van der Waals surface area (Å²) in [6.45, 7) is -0.771. The molecule has 0 aliphatic carbocycles. The van der Waals surface area contributed by atoms with Crippen LogP contribution in [-0.2, 0) is 20.9 Å². The Balaban J connectivity index is 1.63. The maximum atomic E-state index is 12.0. The van der Waals surface area contributed by atoms with Crippen LogP contribution in [0.15, 0.2) is 48.5 Å². The number of carbonyl (C=O) groups is 1. The summed E-state index contributed by atoms with van der Waals surface area (Å²) in [5, 5.41) is 58.0. The number of aromatic hydroxyl groups is 2. The van der Waals surface area contributed by atoms with Crippen LogP contribution < -0.4 is 4.74 Å². The van der Waals surface area contributed by atoms with Crippen molar-refractivity contribution in [2.24, 2.45) is 0 Å². The third kappa shape index (κ3) is 5.55. The number of aliphatic hydroxyl groups excluding tert-OH is 4. The predicted octanol–water partition coefficient (Wildman–Crippen LogP) is 0.0331. The standard InChI is InChI=1S/C22H24O10/c23-10-17-19(27)20(28)21(29)22(32-17)31-16-4-2-1-3-13(16)11-30-18(26)8-6-12-5-7-14(24)15(25)9-12/h1-9,17,19-25,27-29H,10-11H2/t17-,19-,20+,21-,22+/m1/s1. The summed E-state index contributed by atoms with van der Waals surface area (Å²) < 4.78 is 16.1. The van der Waals surface area contributed by atoms with Crippen molar-refractivity contribution in [2.75, 3.05) is 6.61 Å². The summed E-state index contributed by atoms with van der Waals surface area (Å²) in [5.74, 6) is -1.07. The molecule has 10 heteroatoms. The lowest BCUT2D eigenvalue weighted by molar-refractivity contribution is -0.277. The van der Waals surface area contributed by atoms with E-state index in [1.165, 1.54) is 24.3 Å². The molecule has 6 N–H and O–H groups in total. The number of hydrogen-bond donors (Lipinski definition) is 6.